The van der Waals surface area contributed by atoms with Crippen molar-refractivity contribution in [3.05, 3.63) is 0 Å². The molecule has 0 aromatic carbocycles. The lowest BCUT2D eigenvalue weighted by molar-refractivity contribution is -0.117. The summed E-state index contributed by atoms with van der Waals surface area (Å²) in [4.78, 5) is 23.4. The van der Waals surface area contributed by atoms with Crippen molar-refractivity contribution in [2.45, 2.75) is 37.5 Å². The molecule has 1 aliphatic heterocycles. The maximum atomic E-state index is 11.7. The fourth-order valence-corrected chi connectivity index (χ4v) is 4.51. The molecule has 1 atom stereocenters. The molecule has 0 spiro atoms. The van der Waals surface area contributed by atoms with Gasteiger partial charge in [-0.15, -0.1) is 5.10 Å². The number of hydrogen-bond donors (Lipinski definition) is 2. The van der Waals surface area contributed by atoms with Gasteiger partial charge in [-0.3, -0.25) is 10.1 Å². The van der Waals surface area contributed by atoms with Crippen LogP contribution in [-0.2, 0) is 14.6 Å². The standard InChI is InChI=1S/C11H18N6O4S2/c1-7(2)17-11(14-15-16-17)22-5-9(18)13-10(19)12-8-3-4-23(20,21)6-8/h7-8H,3-6H2,1-2H3,(H2,12,13,18,19)/t8-/m1/s1. The van der Waals surface area contributed by atoms with Crippen molar-refractivity contribution >= 4 is 33.5 Å². The van der Waals surface area contributed by atoms with Crippen LogP contribution in [0.1, 0.15) is 26.3 Å². The van der Waals surface area contributed by atoms with Crippen LogP contribution in [-0.4, -0.2) is 63.9 Å². The molecule has 12 heteroatoms. The quantitative estimate of drug-likeness (QED) is 0.660. The van der Waals surface area contributed by atoms with Crippen molar-refractivity contribution in [1.82, 2.24) is 30.8 Å². The lowest BCUT2D eigenvalue weighted by Crippen LogP contribution is -2.45. The Hall–Kier alpha value is -1.69. The summed E-state index contributed by atoms with van der Waals surface area (Å²) in [6, 6.07) is -1.09. The van der Waals surface area contributed by atoms with E-state index in [0.29, 0.717) is 11.6 Å². The average Bonchev–Trinajstić information content (AvgIpc) is 3.02. The van der Waals surface area contributed by atoms with E-state index in [4.69, 9.17) is 0 Å². The highest BCUT2D eigenvalue weighted by Gasteiger charge is 2.29. The minimum absolute atomic E-state index is 0.0243. The van der Waals surface area contributed by atoms with E-state index in [0.717, 1.165) is 11.8 Å². The Morgan fingerprint density at radius 3 is 2.78 bits per heavy atom. The van der Waals surface area contributed by atoms with Crippen LogP contribution in [0.5, 0.6) is 0 Å². The Balaban J connectivity index is 1.76. The maximum Gasteiger partial charge on any atom is 0.321 e. The summed E-state index contributed by atoms with van der Waals surface area (Å²) in [6.07, 6.45) is 0.363. The number of tetrazole rings is 1. The largest absolute Gasteiger partial charge is 0.334 e. The van der Waals surface area contributed by atoms with Crippen LogP contribution in [0.25, 0.3) is 0 Å². The fraction of sp³-hybridized carbons (Fsp3) is 0.727. The molecule has 1 aliphatic rings. The molecule has 23 heavy (non-hydrogen) atoms. The third kappa shape index (κ3) is 5.16. The molecular weight excluding hydrogens is 344 g/mol. The predicted molar refractivity (Wildman–Crippen MR) is 82.7 cm³/mol. The van der Waals surface area contributed by atoms with Crippen LogP contribution in [0.3, 0.4) is 0 Å². The number of urea groups is 1. The second kappa shape index (κ2) is 7.25. The van der Waals surface area contributed by atoms with E-state index in [1.165, 1.54) is 0 Å². The SMILES string of the molecule is CC(C)n1nnnc1SCC(=O)NC(=O)N[C@@H]1CCS(=O)(=O)C1. The number of carbonyl (C=O) groups is 2. The maximum absolute atomic E-state index is 11.7. The third-order valence-corrected chi connectivity index (χ3v) is 5.81. The Morgan fingerprint density at radius 2 is 2.17 bits per heavy atom. The van der Waals surface area contributed by atoms with Gasteiger partial charge in [0.1, 0.15) is 0 Å². The molecule has 2 N–H and O–H groups in total. The molecule has 128 valence electrons. The summed E-state index contributed by atoms with van der Waals surface area (Å²) in [7, 11) is -3.08. The normalized spacial score (nSPS) is 19.7. The van der Waals surface area contributed by atoms with E-state index < -0.39 is 27.8 Å². The number of thioether (sulfide) groups is 1. The monoisotopic (exact) mass is 362 g/mol. The molecule has 1 saturated heterocycles. The molecule has 0 aliphatic carbocycles. The van der Waals surface area contributed by atoms with Gasteiger partial charge in [0.25, 0.3) is 0 Å². The summed E-state index contributed by atoms with van der Waals surface area (Å²) in [6.45, 7) is 3.81. The number of amides is 3. The second-order valence-corrected chi connectivity index (χ2v) is 8.58. The van der Waals surface area contributed by atoms with Gasteiger partial charge in [-0.05, 0) is 30.7 Å². The van der Waals surface area contributed by atoms with E-state index >= 15 is 0 Å². The van der Waals surface area contributed by atoms with Crippen LogP contribution >= 0.6 is 11.8 Å². The Bertz CT molecular complexity index is 686. The van der Waals surface area contributed by atoms with E-state index in [-0.39, 0.29) is 23.3 Å². The topological polar surface area (TPSA) is 136 Å². The van der Waals surface area contributed by atoms with E-state index in [2.05, 4.69) is 26.2 Å². The van der Waals surface area contributed by atoms with Crippen molar-refractivity contribution in [3.8, 4) is 0 Å². The first-order chi connectivity index (χ1) is 10.8. The van der Waals surface area contributed by atoms with Crippen molar-refractivity contribution in [1.29, 1.82) is 0 Å². The summed E-state index contributed by atoms with van der Waals surface area (Å²) in [5.41, 5.74) is 0. The first-order valence-electron chi connectivity index (χ1n) is 6.98. The van der Waals surface area contributed by atoms with Gasteiger partial charge in [-0.1, -0.05) is 11.8 Å². The van der Waals surface area contributed by atoms with E-state index in [1.807, 2.05) is 13.8 Å². The molecule has 1 aromatic rings. The second-order valence-electron chi connectivity index (χ2n) is 5.41. The minimum atomic E-state index is -3.08. The molecule has 0 bridgehead atoms. The van der Waals surface area contributed by atoms with E-state index in [9.17, 15) is 18.0 Å². The number of nitrogens with one attached hydrogen (secondary N) is 2. The summed E-state index contributed by atoms with van der Waals surface area (Å²) >= 11 is 1.11. The number of aromatic nitrogens is 4. The average molecular weight is 362 g/mol. The number of carbonyl (C=O) groups excluding carboxylic acids is 2. The molecule has 0 radical (unpaired) electrons. The van der Waals surface area contributed by atoms with Gasteiger partial charge in [-0.25, -0.2) is 17.9 Å². The molecule has 0 saturated carbocycles. The highest BCUT2D eigenvalue weighted by atomic mass is 32.2. The van der Waals surface area contributed by atoms with Crippen LogP contribution in [0.15, 0.2) is 5.16 Å². The van der Waals surface area contributed by atoms with Crippen molar-refractivity contribution in [2.75, 3.05) is 17.3 Å². The number of nitrogens with zero attached hydrogens (tertiary/aromatic N) is 4. The van der Waals surface area contributed by atoms with Gasteiger partial charge >= 0.3 is 6.03 Å². The minimum Gasteiger partial charge on any atom is -0.334 e. The van der Waals surface area contributed by atoms with E-state index in [1.54, 1.807) is 4.68 Å². The summed E-state index contributed by atoms with van der Waals surface area (Å²) in [5.74, 6) is -0.568. The highest BCUT2D eigenvalue weighted by molar-refractivity contribution is 7.99. The van der Waals surface area contributed by atoms with Crippen LogP contribution in [0.4, 0.5) is 4.79 Å². The third-order valence-electron chi connectivity index (χ3n) is 3.10. The van der Waals surface area contributed by atoms with Gasteiger partial charge in [0.05, 0.1) is 23.3 Å². The molecule has 0 unspecified atom stereocenters. The molecule has 1 aromatic heterocycles. The summed E-state index contributed by atoms with van der Waals surface area (Å²) in [5, 5.41) is 16.3. The lowest BCUT2D eigenvalue weighted by Gasteiger charge is -2.11. The lowest BCUT2D eigenvalue weighted by atomic mass is 10.3. The zero-order chi connectivity index (χ0) is 17.0. The fourth-order valence-electron chi connectivity index (χ4n) is 2.03. The summed E-state index contributed by atoms with van der Waals surface area (Å²) < 4.78 is 24.2. The molecule has 2 rings (SSSR count). The number of imide groups is 1. The molecule has 10 nitrogen and oxygen atoms in total. The number of sulfone groups is 1. The van der Waals surface area contributed by atoms with Gasteiger partial charge < -0.3 is 5.32 Å². The van der Waals surface area contributed by atoms with Crippen molar-refractivity contribution in [2.24, 2.45) is 0 Å². The van der Waals surface area contributed by atoms with Crippen LogP contribution in [0, 0.1) is 0 Å². The first kappa shape index (κ1) is 17.7. The highest BCUT2D eigenvalue weighted by Crippen LogP contribution is 2.16. The zero-order valence-corrected chi connectivity index (χ0v) is 14.4. The number of rotatable bonds is 5. The van der Waals surface area contributed by atoms with Crippen molar-refractivity contribution in [3.63, 3.8) is 0 Å². The number of hydrogen-bond acceptors (Lipinski definition) is 8. The first-order valence-corrected chi connectivity index (χ1v) is 9.79. The zero-order valence-electron chi connectivity index (χ0n) is 12.7. The molecule has 2 heterocycles. The van der Waals surface area contributed by atoms with Crippen molar-refractivity contribution < 1.29 is 18.0 Å². The van der Waals surface area contributed by atoms with Crippen LogP contribution < -0.4 is 10.6 Å². The molecule has 3 amide bonds. The smallest absolute Gasteiger partial charge is 0.321 e. The van der Waals surface area contributed by atoms with Crippen LogP contribution in [0.2, 0.25) is 0 Å². The molecule has 1 fully saturated rings. The van der Waals surface area contributed by atoms with Gasteiger partial charge in [-0.2, -0.15) is 0 Å². The Labute approximate surface area is 137 Å². The Morgan fingerprint density at radius 1 is 1.43 bits per heavy atom. The van der Waals surface area contributed by atoms with Gasteiger partial charge in [0.15, 0.2) is 9.84 Å². The predicted octanol–water partition coefficient (Wildman–Crippen LogP) is -0.641. The molecular formula is C11H18N6O4S2. The Kier molecular flexibility index (Phi) is 5.57. The van der Waals surface area contributed by atoms with Gasteiger partial charge in [0, 0.05) is 6.04 Å². The van der Waals surface area contributed by atoms with Gasteiger partial charge in [0.2, 0.25) is 11.1 Å².